The van der Waals surface area contributed by atoms with Gasteiger partial charge in [0.2, 0.25) is 5.89 Å². The zero-order valence-electron chi connectivity index (χ0n) is 13.2. The molecule has 0 aliphatic carbocycles. The number of rotatable bonds is 8. The zero-order valence-corrected chi connectivity index (χ0v) is 14.0. The molecule has 0 fully saturated rings. The van der Waals surface area contributed by atoms with Crippen molar-refractivity contribution in [3.8, 4) is 11.5 Å². The molecule has 7 nitrogen and oxygen atoms in total. The molecule has 1 aromatic carbocycles. The minimum atomic E-state index is -1.10. The second kappa shape index (κ2) is 8.21. The van der Waals surface area contributed by atoms with Crippen LogP contribution in [0.15, 0.2) is 45.4 Å². The first kappa shape index (κ1) is 17.6. The van der Waals surface area contributed by atoms with Gasteiger partial charge in [-0.05, 0) is 35.5 Å². The van der Waals surface area contributed by atoms with Crippen LogP contribution >= 0.6 is 11.8 Å². The van der Waals surface area contributed by atoms with Gasteiger partial charge in [0.05, 0.1) is 7.11 Å². The van der Waals surface area contributed by atoms with Crippen molar-refractivity contribution < 1.29 is 23.8 Å². The summed E-state index contributed by atoms with van der Waals surface area (Å²) in [5.74, 6) is 0.315. The van der Waals surface area contributed by atoms with E-state index in [1.165, 1.54) is 13.2 Å². The number of hydrogen-bond donors (Lipinski definition) is 1. The van der Waals surface area contributed by atoms with Gasteiger partial charge in [-0.3, -0.25) is 0 Å². The summed E-state index contributed by atoms with van der Waals surface area (Å²) >= 11 is 0.880. The van der Waals surface area contributed by atoms with Crippen molar-refractivity contribution in [1.29, 1.82) is 0 Å². The zero-order chi connectivity index (χ0) is 17.5. The minimum absolute atomic E-state index is 0.0421. The van der Waals surface area contributed by atoms with E-state index in [1.54, 1.807) is 31.2 Å². The fourth-order valence-corrected chi connectivity index (χ4v) is 2.46. The highest BCUT2D eigenvalue weighted by atomic mass is 32.2. The van der Waals surface area contributed by atoms with E-state index in [0.29, 0.717) is 29.6 Å². The fraction of sp³-hybridized carbons (Fsp3) is 0.188. The van der Waals surface area contributed by atoms with E-state index in [9.17, 15) is 9.90 Å². The van der Waals surface area contributed by atoms with Gasteiger partial charge in [0.1, 0.15) is 11.5 Å². The molecule has 8 heteroatoms. The second-order valence-electron chi connectivity index (χ2n) is 4.51. The lowest BCUT2D eigenvalue weighted by molar-refractivity contribution is -0.131. The van der Waals surface area contributed by atoms with Crippen LogP contribution in [0, 0.1) is 6.92 Å². The Morgan fingerprint density at radius 1 is 1.42 bits per heavy atom. The average molecular weight is 348 g/mol. The second-order valence-corrected chi connectivity index (χ2v) is 5.51. The number of aryl methyl sites for hydroxylation is 1. The maximum Gasteiger partial charge on any atom is 0.342 e. The molecule has 0 amide bonds. The smallest absolute Gasteiger partial charge is 0.342 e. The lowest BCUT2D eigenvalue weighted by Gasteiger charge is -2.10. The lowest BCUT2D eigenvalue weighted by atomic mass is 10.2. The van der Waals surface area contributed by atoms with E-state index in [4.69, 9.17) is 13.9 Å². The maximum atomic E-state index is 11.4. The molecule has 2 rings (SSSR count). The number of carboxylic acids is 1. The number of carboxylic acid groups (broad SMARTS) is 1. The summed E-state index contributed by atoms with van der Waals surface area (Å²) in [7, 11) is 1.51. The van der Waals surface area contributed by atoms with Gasteiger partial charge in [-0.15, -0.1) is 10.2 Å². The summed E-state index contributed by atoms with van der Waals surface area (Å²) in [6.45, 7) is 5.56. The van der Waals surface area contributed by atoms with Gasteiger partial charge in [0.25, 0.3) is 5.22 Å². The summed E-state index contributed by atoms with van der Waals surface area (Å²) < 4.78 is 15.9. The number of aliphatic carboxylic acids is 1. The van der Waals surface area contributed by atoms with Gasteiger partial charge in [-0.25, -0.2) is 4.79 Å². The highest BCUT2D eigenvalue weighted by Crippen LogP contribution is 2.31. The van der Waals surface area contributed by atoms with E-state index in [2.05, 4.69) is 16.8 Å². The number of ether oxygens (including phenoxy) is 2. The maximum absolute atomic E-state index is 11.4. The van der Waals surface area contributed by atoms with Crippen molar-refractivity contribution in [2.24, 2.45) is 0 Å². The van der Waals surface area contributed by atoms with Crippen molar-refractivity contribution in [2.75, 3.05) is 13.7 Å². The molecule has 0 spiro atoms. The highest BCUT2D eigenvalue weighted by Gasteiger charge is 2.15. The predicted octanol–water partition coefficient (Wildman–Crippen LogP) is 3.17. The molecule has 0 radical (unpaired) electrons. The molecule has 1 heterocycles. The Hall–Kier alpha value is -2.74. The Labute approximate surface area is 143 Å². The summed E-state index contributed by atoms with van der Waals surface area (Å²) in [4.78, 5) is 11.5. The van der Waals surface area contributed by atoms with Crippen LogP contribution < -0.4 is 9.47 Å². The fourth-order valence-electron chi connectivity index (χ4n) is 1.74. The normalized spacial score (nSPS) is 11.2. The largest absolute Gasteiger partial charge is 0.493 e. The first-order valence-electron chi connectivity index (χ1n) is 6.88. The third-order valence-electron chi connectivity index (χ3n) is 2.76. The standard InChI is InChI=1S/C16H16N2O5S/c1-4-7-22-12-6-5-11(8-13(12)21-3)9-14(15(19)20)24-16-18-17-10(2)23-16/h4-6,8-9H,1,7H2,2-3H3,(H,19,20)/b14-9-. The van der Waals surface area contributed by atoms with Crippen LogP contribution in [-0.2, 0) is 4.79 Å². The van der Waals surface area contributed by atoms with E-state index in [0.717, 1.165) is 11.8 Å². The topological polar surface area (TPSA) is 94.7 Å². The van der Waals surface area contributed by atoms with Crippen molar-refractivity contribution in [3.63, 3.8) is 0 Å². The van der Waals surface area contributed by atoms with Crippen LogP contribution in [0.2, 0.25) is 0 Å². The number of nitrogens with zero attached hydrogens (tertiary/aromatic N) is 2. The van der Waals surface area contributed by atoms with Crippen molar-refractivity contribution in [2.45, 2.75) is 12.1 Å². The summed E-state index contributed by atoms with van der Waals surface area (Å²) in [5, 5.41) is 17.0. The van der Waals surface area contributed by atoms with Gasteiger partial charge in [-0.1, -0.05) is 18.7 Å². The van der Waals surface area contributed by atoms with Crippen LogP contribution in [0.25, 0.3) is 6.08 Å². The van der Waals surface area contributed by atoms with Gasteiger partial charge in [0.15, 0.2) is 11.5 Å². The van der Waals surface area contributed by atoms with Crippen molar-refractivity contribution >= 4 is 23.8 Å². The Morgan fingerprint density at radius 2 is 2.21 bits per heavy atom. The Kier molecular flexibility index (Phi) is 6.02. The van der Waals surface area contributed by atoms with E-state index in [1.807, 2.05) is 0 Å². The summed E-state index contributed by atoms with van der Waals surface area (Å²) in [6.07, 6.45) is 3.12. The molecule has 2 aromatic rings. The number of thioether (sulfide) groups is 1. The third-order valence-corrected chi connectivity index (χ3v) is 3.61. The first-order chi connectivity index (χ1) is 11.5. The Bertz CT molecular complexity index is 770. The van der Waals surface area contributed by atoms with Crippen LogP contribution in [0.1, 0.15) is 11.5 Å². The van der Waals surface area contributed by atoms with Crippen molar-refractivity contribution in [3.05, 3.63) is 47.2 Å². The van der Waals surface area contributed by atoms with E-state index in [-0.39, 0.29) is 10.1 Å². The monoisotopic (exact) mass is 348 g/mol. The molecular formula is C16H16N2O5S. The lowest BCUT2D eigenvalue weighted by Crippen LogP contribution is -1.98. The Balaban J connectivity index is 2.28. The predicted molar refractivity (Wildman–Crippen MR) is 89.2 cm³/mol. The van der Waals surface area contributed by atoms with Crippen LogP contribution in [0.4, 0.5) is 0 Å². The molecule has 126 valence electrons. The summed E-state index contributed by atoms with van der Waals surface area (Å²) in [6, 6.07) is 5.11. The third kappa shape index (κ3) is 4.63. The van der Waals surface area contributed by atoms with E-state index >= 15 is 0 Å². The molecule has 24 heavy (non-hydrogen) atoms. The minimum Gasteiger partial charge on any atom is -0.493 e. The molecule has 0 bridgehead atoms. The van der Waals surface area contributed by atoms with Crippen molar-refractivity contribution in [1.82, 2.24) is 10.2 Å². The quantitative estimate of drug-likeness (QED) is 0.441. The highest BCUT2D eigenvalue weighted by molar-refractivity contribution is 8.03. The van der Waals surface area contributed by atoms with Gasteiger partial charge >= 0.3 is 5.97 Å². The van der Waals surface area contributed by atoms with Crippen LogP contribution in [0.5, 0.6) is 11.5 Å². The molecule has 0 saturated heterocycles. The van der Waals surface area contributed by atoms with Gasteiger partial charge in [0, 0.05) is 6.92 Å². The number of benzene rings is 1. The molecule has 0 atom stereocenters. The van der Waals surface area contributed by atoms with Crippen LogP contribution in [0.3, 0.4) is 0 Å². The molecule has 0 unspecified atom stereocenters. The SMILES string of the molecule is C=CCOc1ccc(/C=C(\Sc2nnc(C)o2)C(=O)O)cc1OC. The van der Waals surface area contributed by atoms with Crippen LogP contribution in [-0.4, -0.2) is 35.0 Å². The number of aromatic nitrogens is 2. The number of carbonyl (C=O) groups is 1. The van der Waals surface area contributed by atoms with E-state index < -0.39 is 5.97 Å². The molecular weight excluding hydrogens is 332 g/mol. The van der Waals surface area contributed by atoms with Gasteiger partial charge in [-0.2, -0.15) is 0 Å². The molecule has 0 saturated carbocycles. The van der Waals surface area contributed by atoms with Gasteiger partial charge < -0.3 is 19.0 Å². The molecule has 0 aliphatic rings. The molecule has 1 N–H and O–H groups in total. The molecule has 1 aromatic heterocycles. The molecule has 0 aliphatic heterocycles. The summed E-state index contributed by atoms with van der Waals surface area (Å²) in [5.41, 5.74) is 0.638. The Morgan fingerprint density at radius 3 is 2.79 bits per heavy atom. The number of hydrogen-bond acceptors (Lipinski definition) is 7. The number of methoxy groups -OCH3 is 1. The average Bonchev–Trinajstić information content (AvgIpc) is 2.97. The first-order valence-corrected chi connectivity index (χ1v) is 7.69.